The number of ether oxygens (including phenoxy) is 2. The van der Waals surface area contributed by atoms with Crippen LogP contribution in [0.1, 0.15) is 336 Å². The molecule has 0 aromatic heterocycles. The number of esters is 2. The SMILES string of the molecule is CCCCCCCCCCC(CCCCC=CC(=O)OCCC(CCCCCCC)CCCCCCC)N(CCCCCCCC(=O)OCCC(CCCCCCC)CCCCCCC)C(=O)CCCN(C)C. The standard InChI is InChI=1S/C66H128N2O5/c1-8-13-18-23-24-25-31-40-50-63(51-41-33-34-43-54-66(71)73-60-56-62(48-38-29-21-16-11-4)49-39-30-22-17-12-5)68(64(69)52-45-57-67(6)7)58-44-35-26-32-42-53-65(70)72-59-55-61(46-36-27-19-14-9-2)47-37-28-20-15-10-3/h43,54,61-63H,8-42,44-53,55-60H2,1-7H3. The highest BCUT2D eigenvalue weighted by molar-refractivity contribution is 5.81. The van der Waals surface area contributed by atoms with Gasteiger partial charge in [0.1, 0.15) is 0 Å². The summed E-state index contributed by atoms with van der Waals surface area (Å²) in [6, 6.07) is 0.267. The molecule has 7 nitrogen and oxygen atoms in total. The Labute approximate surface area is 456 Å². The summed E-state index contributed by atoms with van der Waals surface area (Å²) in [4.78, 5) is 44.1. The fourth-order valence-electron chi connectivity index (χ4n) is 10.9. The third-order valence-corrected chi connectivity index (χ3v) is 15.8. The lowest BCUT2D eigenvalue weighted by atomic mass is 9.92. The molecule has 7 heteroatoms. The van der Waals surface area contributed by atoms with E-state index in [1.54, 1.807) is 6.08 Å². The summed E-state index contributed by atoms with van der Waals surface area (Å²) >= 11 is 0. The molecule has 0 aromatic carbocycles. The number of hydrogen-bond donors (Lipinski definition) is 0. The molecule has 0 saturated carbocycles. The maximum atomic E-state index is 14.1. The van der Waals surface area contributed by atoms with Gasteiger partial charge in [-0.15, -0.1) is 0 Å². The predicted octanol–water partition coefficient (Wildman–Crippen LogP) is 20.1. The Morgan fingerprint density at radius 3 is 1.22 bits per heavy atom. The van der Waals surface area contributed by atoms with Crippen LogP contribution in [-0.4, -0.2) is 74.1 Å². The normalized spacial score (nSPS) is 12.2. The molecular formula is C66H128N2O5. The maximum absolute atomic E-state index is 14.1. The minimum atomic E-state index is -0.197. The number of carbonyl (C=O) groups is 3. The third kappa shape index (κ3) is 49.4. The molecule has 1 unspecified atom stereocenters. The molecule has 0 radical (unpaired) electrons. The van der Waals surface area contributed by atoms with Gasteiger partial charge in [0.25, 0.3) is 0 Å². The predicted molar refractivity (Wildman–Crippen MR) is 317 cm³/mol. The summed E-state index contributed by atoms with van der Waals surface area (Å²) in [6.45, 7) is 14.3. The molecule has 0 rings (SSSR count). The first kappa shape index (κ1) is 71.1. The van der Waals surface area contributed by atoms with Crippen LogP contribution >= 0.6 is 0 Å². The topological polar surface area (TPSA) is 76.1 Å². The largest absolute Gasteiger partial charge is 0.466 e. The van der Waals surface area contributed by atoms with Gasteiger partial charge in [0.05, 0.1) is 13.2 Å². The highest BCUT2D eigenvalue weighted by Gasteiger charge is 2.23. The van der Waals surface area contributed by atoms with Crippen LogP contribution in [0, 0.1) is 11.8 Å². The lowest BCUT2D eigenvalue weighted by Crippen LogP contribution is -2.41. The number of allylic oxidation sites excluding steroid dienone is 1. The zero-order valence-electron chi connectivity index (χ0n) is 50.4. The monoisotopic (exact) mass is 1030 g/mol. The molecule has 0 bridgehead atoms. The van der Waals surface area contributed by atoms with E-state index in [1.165, 1.54) is 205 Å². The zero-order chi connectivity index (χ0) is 53.5. The Bertz CT molecular complexity index is 1180. The first-order valence-electron chi connectivity index (χ1n) is 32.6. The minimum Gasteiger partial charge on any atom is -0.466 e. The highest BCUT2D eigenvalue weighted by Crippen LogP contribution is 2.25. The van der Waals surface area contributed by atoms with Gasteiger partial charge in [0.15, 0.2) is 0 Å². The number of hydrogen-bond acceptors (Lipinski definition) is 6. The van der Waals surface area contributed by atoms with Gasteiger partial charge in [-0.2, -0.15) is 0 Å². The van der Waals surface area contributed by atoms with Crippen LogP contribution in [-0.2, 0) is 23.9 Å². The zero-order valence-corrected chi connectivity index (χ0v) is 50.4. The lowest BCUT2D eigenvalue weighted by molar-refractivity contribution is -0.144. The van der Waals surface area contributed by atoms with Gasteiger partial charge < -0.3 is 19.3 Å². The van der Waals surface area contributed by atoms with Crippen LogP contribution in [0.25, 0.3) is 0 Å². The van der Waals surface area contributed by atoms with E-state index in [-0.39, 0.29) is 18.0 Å². The molecule has 0 fully saturated rings. The molecule has 0 aliphatic heterocycles. The smallest absolute Gasteiger partial charge is 0.330 e. The van der Waals surface area contributed by atoms with Crippen molar-refractivity contribution in [1.29, 1.82) is 0 Å². The van der Waals surface area contributed by atoms with E-state index in [0.29, 0.717) is 43.8 Å². The third-order valence-electron chi connectivity index (χ3n) is 15.8. The van der Waals surface area contributed by atoms with Crippen LogP contribution in [0.5, 0.6) is 0 Å². The summed E-state index contributed by atoms with van der Waals surface area (Å²) in [5.41, 5.74) is 0. The van der Waals surface area contributed by atoms with Gasteiger partial charge in [-0.1, -0.05) is 272 Å². The number of carbonyl (C=O) groups excluding carboxylic acids is 3. The van der Waals surface area contributed by atoms with Crippen molar-refractivity contribution in [1.82, 2.24) is 9.80 Å². The Morgan fingerprint density at radius 2 is 0.767 bits per heavy atom. The fourth-order valence-corrected chi connectivity index (χ4v) is 10.9. The molecule has 0 aromatic rings. The average Bonchev–Trinajstić information content (AvgIpc) is 3.37. The quantitative estimate of drug-likeness (QED) is 0.0343. The number of unbranched alkanes of at least 4 members (excludes halogenated alkanes) is 29. The number of nitrogens with zero attached hydrogens (tertiary/aromatic N) is 2. The van der Waals surface area contributed by atoms with E-state index in [9.17, 15) is 14.4 Å². The van der Waals surface area contributed by atoms with Crippen LogP contribution < -0.4 is 0 Å². The maximum Gasteiger partial charge on any atom is 0.330 e. The van der Waals surface area contributed by atoms with Gasteiger partial charge in [-0.05, 0) is 90.3 Å². The Hall–Kier alpha value is -1.89. The van der Waals surface area contributed by atoms with Gasteiger partial charge in [-0.3, -0.25) is 9.59 Å². The van der Waals surface area contributed by atoms with Crippen molar-refractivity contribution in [3.63, 3.8) is 0 Å². The van der Waals surface area contributed by atoms with Gasteiger partial charge in [-0.25, -0.2) is 4.79 Å². The molecule has 1 atom stereocenters. The first-order valence-corrected chi connectivity index (χ1v) is 32.6. The molecule has 0 aliphatic carbocycles. The van der Waals surface area contributed by atoms with E-state index in [4.69, 9.17) is 9.47 Å². The number of amides is 1. The molecule has 73 heavy (non-hydrogen) atoms. The summed E-state index contributed by atoms with van der Waals surface area (Å²) in [6.07, 6.45) is 59.7. The Morgan fingerprint density at radius 1 is 0.384 bits per heavy atom. The van der Waals surface area contributed by atoms with Crippen molar-refractivity contribution in [3.8, 4) is 0 Å². The number of rotatable bonds is 58. The summed E-state index contributed by atoms with van der Waals surface area (Å²) < 4.78 is 11.5. The second-order valence-electron chi connectivity index (χ2n) is 23.1. The van der Waals surface area contributed by atoms with E-state index in [1.807, 2.05) is 6.08 Å². The van der Waals surface area contributed by atoms with E-state index >= 15 is 0 Å². The lowest BCUT2D eigenvalue weighted by Gasteiger charge is -2.33. The van der Waals surface area contributed by atoms with Crippen LogP contribution in [0.3, 0.4) is 0 Å². The van der Waals surface area contributed by atoms with Crippen LogP contribution in [0.15, 0.2) is 12.2 Å². The van der Waals surface area contributed by atoms with Crippen LogP contribution in [0.2, 0.25) is 0 Å². The van der Waals surface area contributed by atoms with Gasteiger partial charge in [0.2, 0.25) is 5.91 Å². The second kappa shape index (κ2) is 56.3. The molecule has 1 amide bonds. The van der Waals surface area contributed by atoms with Crippen molar-refractivity contribution in [3.05, 3.63) is 12.2 Å². The minimum absolute atomic E-state index is 0.0239. The van der Waals surface area contributed by atoms with E-state index < -0.39 is 0 Å². The van der Waals surface area contributed by atoms with Crippen molar-refractivity contribution in [2.24, 2.45) is 11.8 Å². The summed E-state index contributed by atoms with van der Waals surface area (Å²) in [5.74, 6) is 1.45. The van der Waals surface area contributed by atoms with Gasteiger partial charge >= 0.3 is 11.9 Å². The molecule has 0 spiro atoms. The molecule has 432 valence electrons. The van der Waals surface area contributed by atoms with Crippen molar-refractivity contribution >= 4 is 17.8 Å². The van der Waals surface area contributed by atoms with Crippen molar-refractivity contribution < 1.29 is 23.9 Å². The summed E-state index contributed by atoms with van der Waals surface area (Å²) in [7, 11) is 4.18. The highest BCUT2D eigenvalue weighted by atomic mass is 16.5. The van der Waals surface area contributed by atoms with Crippen LogP contribution in [0.4, 0.5) is 0 Å². The Balaban J connectivity index is 5.23. The summed E-state index contributed by atoms with van der Waals surface area (Å²) in [5, 5.41) is 0. The molecule has 0 heterocycles. The molecular weight excluding hydrogens is 901 g/mol. The van der Waals surface area contributed by atoms with Gasteiger partial charge in [0, 0.05) is 31.5 Å². The first-order chi connectivity index (χ1) is 35.7. The van der Waals surface area contributed by atoms with Crippen molar-refractivity contribution in [2.45, 2.75) is 342 Å². The Kier molecular flexibility index (Phi) is 54.9. The fraction of sp³-hybridized carbons (Fsp3) is 0.924. The van der Waals surface area contributed by atoms with E-state index in [0.717, 1.165) is 96.6 Å². The average molecular weight is 1030 g/mol. The molecule has 0 N–H and O–H groups in total. The molecule has 0 saturated heterocycles. The van der Waals surface area contributed by atoms with E-state index in [2.05, 4.69) is 58.5 Å². The molecule has 0 aliphatic rings. The second-order valence-corrected chi connectivity index (χ2v) is 23.1. The van der Waals surface area contributed by atoms with Crippen molar-refractivity contribution in [2.75, 3.05) is 40.4 Å².